The van der Waals surface area contributed by atoms with E-state index in [1.54, 1.807) is 85.1 Å². The lowest BCUT2D eigenvalue weighted by Crippen LogP contribution is -2.34. The zero-order valence-electron chi connectivity index (χ0n) is 74.8. The minimum atomic E-state index is -3.28. The SMILES string of the molecule is CC(C)CS(=O)(=O)CC1CC(C2=CB(O)Oc3cnc4[nH]ccc4c32)C1.CCCCS(=O)(=O)CC1CC(C2=CB(O)Oc3cnc4[nH]ccc4c32)C1.CCCOC(=O)CC1CC(C2=CB(O)Oc3cnc4[nH]ccc4c32)C1.O=S(=O)(CC1CC(C2=CB(O)Oc3cnc4[nH]ccc4c32)C1)c1ccccc1.O=S(=O)(Cc1ccccc1)CC1CC(C2=CB(O)Oc3cnc4[nH]ccc4c32)C1. The predicted molar refractivity (Wildman–Crippen MR) is 520 cm³/mol. The van der Waals surface area contributed by atoms with Gasteiger partial charge in [0.1, 0.15) is 57.0 Å². The van der Waals surface area contributed by atoms with Crippen LogP contribution in [0.25, 0.3) is 83.0 Å². The number of rotatable bonds is 25. The second-order valence-electron chi connectivity index (χ2n) is 37.5. The van der Waals surface area contributed by atoms with Crippen molar-refractivity contribution in [1.82, 2.24) is 49.8 Å². The number of benzene rings is 2. The Morgan fingerprint density at radius 3 is 1.01 bits per heavy atom. The summed E-state index contributed by atoms with van der Waals surface area (Å²) in [5, 5.41) is 55.1. The molecule has 696 valence electrons. The van der Waals surface area contributed by atoms with Crippen LogP contribution in [0.3, 0.4) is 0 Å². The van der Waals surface area contributed by atoms with Gasteiger partial charge in [0.05, 0.1) is 82.8 Å². The van der Waals surface area contributed by atoms with Crippen molar-refractivity contribution in [2.24, 2.45) is 65.1 Å². The van der Waals surface area contributed by atoms with E-state index in [1.807, 2.05) is 125 Å². The number of hydrogen-bond donors (Lipinski definition) is 10. The third-order valence-electron chi connectivity index (χ3n) is 27.0. The van der Waals surface area contributed by atoms with E-state index >= 15 is 0 Å². The van der Waals surface area contributed by atoms with Crippen molar-refractivity contribution in [3.05, 3.63) is 216 Å². The number of ether oxygens (including phenoxy) is 1. The van der Waals surface area contributed by atoms with E-state index in [0.717, 1.165) is 200 Å². The van der Waals surface area contributed by atoms with Crippen LogP contribution in [0.15, 0.2) is 188 Å². The van der Waals surface area contributed by atoms with Crippen LogP contribution in [0.1, 0.15) is 151 Å². The fraction of sp³-hybridized carbons (Fsp3) is 0.389. The molecule has 0 spiro atoms. The number of esters is 1. The number of carbonyl (C=O) groups is 1. The number of fused-ring (bicyclic) bond motifs is 15. The molecule has 5 aliphatic carbocycles. The van der Waals surface area contributed by atoms with Crippen LogP contribution in [0.4, 0.5) is 0 Å². The number of hydrogen-bond acceptors (Lipinski definition) is 25. The first-order chi connectivity index (χ1) is 64.4. The lowest BCUT2D eigenvalue weighted by Gasteiger charge is -2.39. The Balaban J connectivity index is 0.000000112. The zero-order valence-corrected chi connectivity index (χ0v) is 78.1. The standard InChI is InChI=1S/C21H21BN2O4S.C20H19BN2O4S.2C18H23BN2O4S.C18H21BN2O4/c25-22-10-18(20-17-6-7-23-21(17)24-11-19(20)28-22)16-8-15(9-16)13-29(26,27)12-14-4-2-1-3-5-14;24-21-10-17(19-16-6-7-22-20(16)23-11-18(19)27-21)14-8-13(9-14)12-28(25,26)15-4-2-1-3-5-15;1-11(2)9-26(23,24)10-12-5-13(6-12)15-7-19(22)25-16-8-21-18-14(17(15)16)3-4-20-18;1-2-3-6-26(23,24)11-12-7-13(8-12)15-9-19(22)25-16-10-21-18-14(17(15)16)4-5-20-18;1-2-5-24-16(22)8-11-6-12(7-11)14-9-19(23)25-15-10-21-18-13(17(14)15)3-4-20-18/h1-7,10-11,15-16,25H,8-9,12-13H2,(H,23,24);1-7,10-11,13-14,24H,8-9,12H2,(H,22,23);3-4,7-8,11-13,22H,5-6,9-10H2,1-2H3,(H,20,21);4-5,9-10,12-13,22H,2-3,6-8,11H2,1H3,(H,20,21);3-4,9-12,23H,2,5-8H2,1H3,(H,20,21). The second kappa shape index (κ2) is 39.4. The summed E-state index contributed by atoms with van der Waals surface area (Å²) in [7, 11) is -17.3. The summed E-state index contributed by atoms with van der Waals surface area (Å²) in [4.78, 5) is 49.3. The van der Waals surface area contributed by atoms with E-state index < -0.39 is 74.9 Å². The molecule has 134 heavy (non-hydrogen) atoms. The first-order valence-corrected chi connectivity index (χ1v) is 53.3. The van der Waals surface area contributed by atoms with Gasteiger partial charge in [0, 0.05) is 92.2 Å². The Hall–Kier alpha value is -11.0. The van der Waals surface area contributed by atoms with Gasteiger partial charge < -0.3 is 78.0 Å². The molecule has 39 heteroatoms. The van der Waals surface area contributed by atoms with Gasteiger partial charge in [0.2, 0.25) is 0 Å². The lowest BCUT2D eigenvalue weighted by atomic mass is 9.65. The molecule has 10 N–H and O–H groups in total. The highest BCUT2D eigenvalue weighted by atomic mass is 32.2. The quantitative estimate of drug-likeness (QED) is 0.0188. The van der Waals surface area contributed by atoms with Crippen LogP contribution in [0.2, 0.25) is 0 Å². The first kappa shape index (κ1) is 93.4. The maximum absolute atomic E-state index is 12.6. The van der Waals surface area contributed by atoms with Gasteiger partial charge in [-0.25, -0.2) is 58.6 Å². The molecular weight excluding hydrogens is 1780 g/mol. The van der Waals surface area contributed by atoms with Crippen molar-refractivity contribution in [1.29, 1.82) is 0 Å². The minimum absolute atomic E-state index is 0.0860. The molecule has 0 bridgehead atoms. The Morgan fingerprint density at radius 2 is 0.694 bits per heavy atom. The van der Waals surface area contributed by atoms with E-state index in [4.69, 9.17) is 28.0 Å². The van der Waals surface area contributed by atoms with Crippen molar-refractivity contribution < 1.29 is 91.6 Å². The Bertz CT molecular complexity index is 7000. The molecule has 0 radical (unpaired) electrons. The average Bonchev–Trinajstić information content (AvgIpc) is 1.45. The molecule has 5 saturated carbocycles. The van der Waals surface area contributed by atoms with Gasteiger partial charge in [0.25, 0.3) is 0 Å². The van der Waals surface area contributed by atoms with Crippen molar-refractivity contribution in [2.75, 3.05) is 41.1 Å². The largest absolute Gasteiger partial charge is 0.552 e. The fourth-order valence-corrected chi connectivity index (χ4v) is 28.3. The van der Waals surface area contributed by atoms with Gasteiger partial charge in [-0.15, -0.1) is 0 Å². The summed E-state index contributed by atoms with van der Waals surface area (Å²) < 4.78 is 132. The molecule has 2 aromatic carbocycles. The minimum Gasteiger partial charge on any atom is -0.531 e. The van der Waals surface area contributed by atoms with Crippen molar-refractivity contribution in [3.8, 4) is 28.7 Å². The molecule has 0 atom stereocenters. The van der Waals surface area contributed by atoms with E-state index in [1.165, 1.54) is 0 Å². The zero-order chi connectivity index (χ0) is 93.5. The number of H-pyrrole nitrogens is 5. The number of allylic oxidation sites excluding steroid dienone is 5. The van der Waals surface area contributed by atoms with Crippen LogP contribution in [-0.4, -0.2) is 191 Å². The van der Waals surface area contributed by atoms with Gasteiger partial charge in [-0.2, -0.15) is 0 Å². The average molecular weight is 1890 g/mol. The molecule has 5 fully saturated rings. The van der Waals surface area contributed by atoms with E-state index in [9.17, 15) is 63.6 Å². The van der Waals surface area contributed by atoms with Crippen LogP contribution >= 0.6 is 0 Å². The molecule has 0 amide bonds. The van der Waals surface area contributed by atoms with Crippen LogP contribution in [-0.2, 0) is 54.6 Å². The summed E-state index contributed by atoms with van der Waals surface area (Å²) in [6, 6.07) is 27.7. The monoisotopic (exact) mass is 1890 g/mol. The predicted octanol–water partition coefficient (Wildman–Crippen LogP) is 13.6. The Morgan fingerprint density at radius 1 is 0.396 bits per heavy atom. The topological polar surface area (TPSA) is 454 Å². The number of unbranched alkanes of at least 4 members (excludes halogenated alkanes) is 1. The summed E-state index contributed by atoms with van der Waals surface area (Å²) >= 11 is 0. The van der Waals surface area contributed by atoms with Gasteiger partial charge in [-0.05, 0) is 248 Å². The van der Waals surface area contributed by atoms with E-state index in [-0.39, 0.29) is 93.7 Å². The van der Waals surface area contributed by atoms with Crippen LogP contribution in [0, 0.1) is 65.1 Å². The molecule has 10 aromatic heterocycles. The van der Waals surface area contributed by atoms with Gasteiger partial charge in [-0.3, -0.25) is 4.79 Å². The molecule has 15 heterocycles. The van der Waals surface area contributed by atoms with E-state index in [2.05, 4.69) is 49.8 Å². The Labute approximate surface area is 779 Å². The van der Waals surface area contributed by atoms with Gasteiger partial charge in [-0.1, -0.05) is 82.6 Å². The van der Waals surface area contributed by atoms with Crippen LogP contribution in [0.5, 0.6) is 28.7 Å². The van der Waals surface area contributed by atoms with Crippen LogP contribution < -0.4 is 23.3 Å². The number of carbonyl (C=O) groups excluding carboxylic acids is 1. The van der Waals surface area contributed by atoms with Crippen molar-refractivity contribution in [2.45, 2.75) is 128 Å². The van der Waals surface area contributed by atoms with Crippen molar-refractivity contribution >= 4 is 164 Å². The highest BCUT2D eigenvalue weighted by Crippen LogP contribution is 2.55. The first-order valence-electron chi connectivity index (χ1n) is 46.2. The third-order valence-corrected chi connectivity index (χ3v) is 34.7. The summed E-state index contributed by atoms with van der Waals surface area (Å²) in [6.45, 7) is 8.36. The normalized spacial score (nSPS) is 22.0. The fourth-order valence-electron chi connectivity index (χ4n) is 20.8. The molecule has 0 saturated heterocycles. The van der Waals surface area contributed by atoms with E-state index in [0.29, 0.717) is 64.3 Å². The maximum Gasteiger partial charge on any atom is 0.552 e. The molecule has 0 unspecified atom stereocenters. The summed E-state index contributed by atoms with van der Waals surface area (Å²) in [6.07, 6.45) is 28.6. The lowest BCUT2D eigenvalue weighted by molar-refractivity contribution is -0.145. The number of sulfone groups is 4. The number of pyridine rings is 5. The highest BCUT2D eigenvalue weighted by Gasteiger charge is 2.46. The number of aromatic amines is 5. The number of nitrogens with zero attached hydrogens (tertiary/aromatic N) is 5. The summed E-state index contributed by atoms with van der Waals surface area (Å²) in [5.74, 6) is 15.5. The van der Waals surface area contributed by atoms with Gasteiger partial charge in [0.15, 0.2) is 39.3 Å². The highest BCUT2D eigenvalue weighted by molar-refractivity contribution is 7.92. The molecule has 5 aliphatic heterocycles. The number of aromatic nitrogens is 10. The van der Waals surface area contributed by atoms with Gasteiger partial charge >= 0.3 is 41.6 Å². The smallest absolute Gasteiger partial charge is 0.531 e. The molecule has 10 aliphatic rings. The molecular formula is C95H107B5N10O20S4. The van der Waals surface area contributed by atoms with Crippen molar-refractivity contribution in [3.63, 3.8) is 0 Å². The third kappa shape index (κ3) is 20.9. The Kier molecular flexibility index (Phi) is 27.4. The summed E-state index contributed by atoms with van der Waals surface area (Å²) in [5.41, 5.74) is 14.8. The maximum atomic E-state index is 12.6. The molecule has 12 aromatic rings. The number of nitrogens with one attached hydrogen (secondary N) is 5. The molecule has 22 rings (SSSR count). The molecule has 30 nitrogen and oxygen atoms in total. The second-order valence-corrected chi connectivity index (χ2v) is 46.0.